The third-order valence-corrected chi connectivity index (χ3v) is 3.20. The van der Waals surface area contributed by atoms with Crippen LogP contribution in [-0.4, -0.2) is 21.3 Å². The Morgan fingerprint density at radius 2 is 2.24 bits per heavy atom. The summed E-state index contributed by atoms with van der Waals surface area (Å²) in [6.45, 7) is 2.09. The Hall–Kier alpha value is -2.63. The van der Waals surface area contributed by atoms with Crippen molar-refractivity contribution in [1.82, 2.24) is 15.4 Å². The van der Waals surface area contributed by atoms with Gasteiger partial charge in [0.25, 0.3) is 0 Å². The van der Waals surface area contributed by atoms with Crippen LogP contribution in [0.5, 0.6) is 0 Å². The fourth-order valence-corrected chi connectivity index (χ4v) is 2.23. The first kappa shape index (κ1) is 13.4. The van der Waals surface area contributed by atoms with Gasteiger partial charge in [0.15, 0.2) is 11.4 Å². The minimum atomic E-state index is -0.163. The van der Waals surface area contributed by atoms with Gasteiger partial charge in [-0.3, -0.25) is 9.89 Å². The number of aryl methyl sites for hydroxylation is 1. The number of hydrogen-bond donors (Lipinski definition) is 2. The first-order valence-corrected chi connectivity index (χ1v) is 6.93. The molecule has 0 fully saturated rings. The predicted molar refractivity (Wildman–Crippen MR) is 78.9 cm³/mol. The van der Waals surface area contributed by atoms with Crippen LogP contribution in [0.3, 0.4) is 0 Å². The van der Waals surface area contributed by atoms with Gasteiger partial charge in [0.2, 0.25) is 5.91 Å². The summed E-state index contributed by atoms with van der Waals surface area (Å²) in [4.78, 5) is 12.0. The number of H-pyrrole nitrogens is 1. The molecule has 0 aliphatic carbocycles. The third-order valence-electron chi connectivity index (χ3n) is 3.20. The van der Waals surface area contributed by atoms with Crippen molar-refractivity contribution < 1.29 is 9.32 Å². The Bertz CT molecular complexity index is 760. The van der Waals surface area contributed by atoms with Crippen LogP contribution >= 0.6 is 0 Å². The van der Waals surface area contributed by atoms with Gasteiger partial charge in [0.05, 0.1) is 6.42 Å². The first-order valence-electron chi connectivity index (χ1n) is 6.93. The van der Waals surface area contributed by atoms with Gasteiger partial charge >= 0.3 is 0 Å². The van der Waals surface area contributed by atoms with Gasteiger partial charge in [-0.25, -0.2) is 0 Å². The van der Waals surface area contributed by atoms with E-state index < -0.39 is 0 Å². The lowest BCUT2D eigenvalue weighted by molar-refractivity contribution is -0.115. The number of fused-ring (bicyclic) bond motifs is 1. The van der Waals surface area contributed by atoms with Crippen molar-refractivity contribution in [3.63, 3.8) is 0 Å². The zero-order chi connectivity index (χ0) is 14.7. The standard InChI is InChI=1S/C15H16N4O2/c1-2-5-10-8-14(18-17-10)16-15(20)9-12-11-6-3-4-7-13(11)21-19-12/h3-4,6-8H,2,5,9H2,1H3,(H2,16,17,18,20). The normalized spacial score (nSPS) is 10.9. The highest BCUT2D eigenvalue weighted by atomic mass is 16.5. The Morgan fingerprint density at radius 3 is 3.10 bits per heavy atom. The van der Waals surface area contributed by atoms with Crippen LogP contribution in [0.25, 0.3) is 11.0 Å². The molecule has 0 aliphatic heterocycles. The first-order chi connectivity index (χ1) is 10.3. The van der Waals surface area contributed by atoms with Crippen LogP contribution in [0.4, 0.5) is 5.82 Å². The molecule has 0 saturated heterocycles. The molecule has 2 N–H and O–H groups in total. The molecule has 0 unspecified atom stereocenters. The molecule has 108 valence electrons. The van der Waals surface area contributed by atoms with Crippen LogP contribution in [0, 0.1) is 0 Å². The van der Waals surface area contributed by atoms with E-state index in [1.54, 1.807) is 0 Å². The summed E-state index contributed by atoms with van der Waals surface area (Å²) in [6, 6.07) is 9.33. The van der Waals surface area contributed by atoms with E-state index in [9.17, 15) is 4.79 Å². The van der Waals surface area contributed by atoms with Crippen LogP contribution in [-0.2, 0) is 17.6 Å². The predicted octanol–water partition coefficient (Wildman–Crippen LogP) is 2.68. The molecule has 0 aliphatic rings. The van der Waals surface area contributed by atoms with Crippen molar-refractivity contribution in [2.24, 2.45) is 0 Å². The molecule has 6 nitrogen and oxygen atoms in total. The topological polar surface area (TPSA) is 83.8 Å². The third kappa shape index (κ3) is 2.94. The Labute approximate surface area is 121 Å². The summed E-state index contributed by atoms with van der Waals surface area (Å²) in [5, 5.41) is 14.5. The molecule has 0 saturated carbocycles. The molecule has 1 aromatic carbocycles. The maximum atomic E-state index is 12.0. The number of aromatic amines is 1. The van der Waals surface area contributed by atoms with Crippen LogP contribution in [0.15, 0.2) is 34.9 Å². The zero-order valence-corrected chi connectivity index (χ0v) is 11.7. The van der Waals surface area contributed by atoms with E-state index in [4.69, 9.17) is 4.52 Å². The largest absolute Gasteiger partial charge is 0.356 e. The van der Waals surface area contributed by atoms with Crippen LogP contribution in [0.1, 0.15) is 24.7 Å². The molecule has 21 heavy (non-hydrogen) atoms. The smallest absolute Gasteiger partial charge is 0.231 e. The SMILES string of the molecule is CCCc1cc(NC(=O)Cc2noc3ccccc23)n[nH]1. The average molecular weight is 284 g/mol. The van der Waals surface area contributed by atoms with Gasteiger partial charge in [0.1, 0.15) is 5.69 Å². The van der Waals surface area contributed by atoms with E-state index in [1.165, 1.54) is 0 Å². The van der Waals surface area contributed by atoms with E-state index in [2.05, 4.69) is 27.6 Å². The molecule has 2 aromatic heterocycles. The van der Waals surface area contributed by atoms with Crippen molar-refractivity contribution in [3.8, 4) is 0 Å². The summed E-state index contributed by atoms with van der Waals surface area (Å²) in [5.74, 6) is 0.375. The number of nitrogens with zero attached hydrogens (tertiary/aromatic N) is 2. The number of carbonyl (C=O) groups excluding carboxylic acids is 1. The molecule has 0 atom stereocenters. The second-order valence-corrected chi connectivity index (χ2v) is 4.88. The van der Waals surface area contributed by atoms with Gasteiger partial charge in [-0.2, -0.15) is 5.10 Å². The Balaban J connectivity index is 1.68. The Kier molecular flexibility index (Phi) is 3.68. The van der Waals surface area contributed by atoms with Crippen molar-refractivity contribution in [1.29, 1.82) is 0 Å². The molecule has 0 radical (unpaired) electrons. The van der Waals surface area contributed by atoms with Crippen molar-refractivity contribution >= 4 is 22.7 Å². The van der Waals surface area contributed by atoms with Gasteiger partial charge in [-0.15, -0.1) is 0 Å². The molecule has 1 amide bonds. The number of amides is 1. The van der Waals surface area contributed by atoms with E-state index in [1.807, 2.05) is 30.3 Å². The fourth-order valence-electron chi connectivity index (χ4n) is 2.23. The molecule has 0 bridgehead atoms. The highest BCUT2D eigenvalue weighted by molar-refractivity contribution is 5.93. The molecule has 2 heterocycles. The summed E-state index contributed by atoms with van der Waals surface area (Å²) in [7, 11) is 0. The number of anilines is 1. The van der Waals surface area contributed by atoms with E-state index in [-0.39, 0.29) is 12.3 Å². The van der Waals surface area contributed by atoms with Crippen molar-refractivity contribution in [3.05, 3.63) is 41.7 Å². The molecular formula is C15H16N4O2. The van der Waals surface area contributed by atoms with Crippen LogP contribution in [0.2, 0.25) is 0 Å². The monoisotopic (exact) mass is 284 g/mol. The maximum Gasteiger partial charge on any atom is 0.231 e. The van der Waals surface area contributed by atoms with E-state index in [0.717, 1.165) is 23.9 Å². The number of hydrogen-bond acceptors (Lipinski definition) is 4. The van der Waals surface area contributed by atoms with Crippen molar-refractivity contribution in [2.45, 2.75) is 26.2 Å². The number of rotatable bonds is 5. The lowest BCUT2D eigenvalue weighted by atomic mass is 10.1. The van der Waals surface area contributed by atoms with E-state index in [0.29, 0.717) is 17.1 Å². The highest BCUT2D eigenvalue weighted by Crippen LogP contribution is 2.18. The lowest BCUT2D eigenvalue weighted by Crippen LogP contribution is -2.15. The average Bonchev–Trinajstić information content (AvgIpc) is 3.07. The molecular weight excluding hydrogens is 268 g/mol. The Morgan fingerprint density at radius 1 is 1.38 bits per heavy atom. The summed E-state index contributed by atoms with van der Waals surface area (Å²) < 4.78 is 5.18. The van der Waals surface area contributed by atoms with Gasteiger partial charge < -0.3 is 9.84 Å². The van der Waals surface area contributed by atoms with Crippen LogP contribution < -0.4 is 5.32 Å². The molecule has 3 aromatic rings. The number of nitrogens with one attached hydrogen (secondary N) is 2. The minimum absolute atomic E-state index is 0.160. The van der Waals surface area contributed by atoms with Gasteiger partial charge in [0, 0.05) is 17.1 Å². The number of para-hydroxylation sites is 1. The number of aromatic nitrogens is 3. The quantitative estimate of drug-likeness (QED) is 0.754. The van der Waals surface area contributed by atoms with E-state index >= 15 is 0 Å². The summed E-state index contributed by atoms with van der Waals surface area (Å²) in [5.41, 5.74) is 2.33. The zero-order valence-electron chi connectivity index (χ0n) is 11.7. The second kappa shape index (κ2) is 5.78. The number of carbonyl (C=O) groups is 1. The molecule has 0 spiro atoms. The summed E-state index contributed by atoms with van der Waals surface area (Å²) >= 11 is 0. The fraction of sp³-hybridized carbons (Fsp3) is 0.267. The minimum Gasteiger partial charge on any atom is -0.356 e. The summed E-state index contributed by atoms with van der Waals surface area (Å²) in [6.07, 6.45) is 2.10. The van der Waals surface area contributed by atoms with Crippen molar-refractivity contribution in [2.75, 3.05) is 5.32 Å². The molecule has 6 heteroatoms. The maximum absolute atomic E-state index is 12.0. The lowest BCUT2D eigenvalue weighted by Gasteiger charge is -1.99. The van der Waals surface area contributed by atoms with Gasteiger partial charge in [-0.1, -0.05) is 30.6 Å². The highest BCUT2D eigenvalue weighted by Gasteiger charge is 2.13. The van der Waals surface area contributed by atoms with Gasteiger partial charge in [-0.05, 0) is 18.6 Å². The second-order valence-electron chi connectivity index (χ2n) is 4.88. The number of benzene rings is 1. The molecule has 3 rings (SSSR count).